The van der Waals surface area contributed by atoms with Crippen molar-refractivity contribution in [3.63, 3.8) is 0 Å². The number of hydrogen-bond acceptors (Lipinski definition) is 5. The van der Waals surface area contributed by atoms with E-state index in [-0.39, 0.29) is 22.8 Å². The first-order valence-corrected chi connectivity index (χ1v) is 11.9. The van der Waals surface area contributed by atoms with E-state index < -0.39 is 5.25 Å². The highest BCUT2D eigenvalue weighted by Crippen LogP contribution is 2.39. The lowest BCUT2D eigenvalue weighted by molar-refractivity contribution is -0.115. The highest BCUT2D eigenvalue weighted by atomic mass is 35.5. The molecule has 10 heteroatoms. The van der Waals surface area contributed by atoms with Gasteiger partial charge in [0.15, 0.2) is 16.8 Å². The van der Waals surface area contributed by atoms with Crippen LogP contribution in [-0.4, -0.2) is 30.9 Å². The van der Waals surface area contributed by atoms with Gasteiger partial charge in [0.2, 0.25) is 5.91 Å². The second-order valence-corrected chi connectivity index (χ2v) is 9.89. The van der Waals surface area contributed by atoms with Crippen LogP contribution in [0.1, 0.15) is 38.6 Å². The molecule has 1 aliphatic rings. The van der Waals surface area contributed by atoms with Gasteiger partial charge in [-0.15, -0.1) is 10.2 Å². The number of rotatable bonds is 6. The molecule has 0 bridgehead atoms. The zero-order valence-corrected chi connectivity index (χ0v) is 19.8. The van der Waals surface area contributed by atoms with Gasteiger partial charge in [0.05, 0.1) is 20.3 Å². The standard InChI is InChI=1S/C21H20Cl3N5OS/c1-12(20(30)26-18-17(24)10-13(22)11-25-18)31-21-28-27-19(15-8-4-5-9-16(15)23)29(21)14-6-2-3-7-14/h4-5,8-12,14H,2-3,6-7H2,1H3,(H,25,26,30). The van der Waals surface area contributed by atoms with Crippen LogP contribution in [0.15, 0.2) is 41.7 Å². The lowest BCUT2D eigenvalue weighted by Crippen LogP contribution is -2.24. The van der Waals surface area contributed by atoms with Crippen LogP contribution >= 0.6 is 46.6 Å². The number of amides is 1. The summed E-state index contributed by atoms with van der Waals surface area (Å²) in [4.78, 5) is 16.9. The average Bonchev–Trinajstić information content (AvgIpc) is 3.40. The van der Waals surface area contributed by atoms with Gasteiger partial charge in [-0.1, -0.05) is 71.5 Å². The number of anilines is 1. The first kappa shape index (κ1) is 22.4. The Hall–Kier alpha value is -1.80. The number of carbonyl (C=O) groups is 1. The lowest BCUT2D eigenvalue weighted by atomic mass is 10.2. The van der Waals surface area contributed by atoms with Crippen LogP contribution < -0.4 is 5.32 Å². The Morgan fingerprint density at radius 1 is 1.16 bits per heavy atom. The fraction of sp³-hybridized carbons (Fsp3) is 0.333. The van der Waals surface area contributed by atoms with Crippen molar-refractivity contribution >= 4 is 58.3 Å². The third-order valence-electron chi connectivity index (χ3n) is 5.17. The van der Waals surface area contributed by atoms with E-state index in [0.29, 0.717) is 15.2 Å². The summed E-state index contributed by atoms with van der Waals surface area (Å²) < 4.78 is 2.14. The number of nitrogens with zero attached hydrogens (tertiary/aromatic N) is 4. The summed E-state index contributed by atoms with van der Waals surface area (Å²) >= 11 is 19.8. The summed E-state index contributed by atoms with van der Waals surface area (Å²) in [6.45, 7) is 1.81. The Kier molecular flexibility index (Phi) is 7.06. The van der Waals surface area contributed by atoms with Crippen molar-refractivity contribution in [1.82, 2.24) is 19.7 Å². The molecule has 0 spiro atoms. The summed E-state index contributed by atoms with van der Waals surface area (Å²) in [6.07, 6.45) is 5.85. The second-order valence-electron chi connectivity index (χ2n) is 7.33. The average molecular weight is 497 g/mol. The molecule has 2 aromatic heterocycles. The van der Waals surface area contributed by atoms with Gasteiger partial charge in [-0.2, -0.15) is 0 Å². The predicted molar refractivity (Wildman–Crippen MR) is 126 cm³/mol. The zero-order chi connectivity index (χ0) is 22.0. The van der Waals surface area contributed by atoms with E-state index in [4.69, 9.17) is 34.8 Å². The van der Waals surface area contributed by atoms with E-state index >= 15 is 0 Å². The van der Waals surface area contributed by atoms with Crippen LogP contribution in [0.4, 0.5) is 5.82 Å². The number of thioether (sulfide) groups is 1. The molecule has 0 saturated heterocycles. The summed E-state index contributed by atoms with van der Waals surface area (Å²) in [7, 11) is 0. The Morgan fingerprint density at radius 3 is 2.61 bits per heavy atom. The molecule has 1 amide bonds. The molecule has 1 atom stereocenters. The molecule has 4 rings (SSSR count). The minimum Gasteiger partial charge on any atom is -0.308 e. The monoisotopic (exact) mass is 495 g/mol. The van der Waals surface area contributed by atoms with Gasteiger partial charge in [0.1, 0.15) is 0 Å². The van der Waals surface area contributed by atoms with E-state index in [1.165, 1.54) is 24.0 Å². The summed E-state index contributed by atoms with van der Waals surface area (Å²) in [6, 6.07) is 9.43. The number of hydrogen-bond donors (Lipinski definition) is 1. The molecule has 0 radical (unpaired) electrons. The fourth-order valence-electron chi connectivity index (χ4n) is 3.61. The Balaban J connectivity index is 1.59. The third-order valence-corrected chi connectivity index (χ3v) is 7.05. The smallest absolute Gasteiger partial charge is 0.238 e. The molecule has 6 nitrogen and oxygen atoms in total. The SMILES string of the molecule is CC(Sc1nnc(-c2ccccc2Cl)n1C1CCCC1)C(=O)Nc1ncc(Cl)cc1Cl. The summed E-state index contributed by atoms with van der Waals surface area (Å²) in [5, 5.41) is 13.2. The van der Waals surface area contributed by atoms with E-state index in [1.807, 2.05) is 31.2 Å². The Bertz CT molecular complexity index is 1100. The molecule has 1 aromatic carbocycles. The maximum atomic E-state index is 12.8. The molecule has 1 fully saturated rings. The quantitative estimate of drug-likeness (QED) is 0.392. The Morgan fingerprint density at radius 2 is 1.90 bits per heavy atom. The highest BCUT2D eigenvalue weighted by molar-refractivity contribution is 8.00. The van der Waals surface area contributed by atoms with Crippen LogP contribution in [0.5, 0.6) is 0 Å². The molecule has 0 aliphatic heterocycles. The number of aromatic nitrogens is 4. The van der Waals surface area contributed by atoms with E-state index in [9.17, 15) is 4.79 Å². The molecule has 2 heterocycles. The maximum absolute atomic E-state index is 12.8. The van der Waals surface area contributed by atoms with Crippen LogP contribution in [0.2, 0.25) is 15.1 Å². The minimum atomic E-state index is -0.447. The topological polar surface area (TPSA) is 72.7 Å². The summed E-state index contributed by atoms with van der Waals surface area (Å²) in [5.41, 5.74) is 0.838. The number of nitrogens with one attached hydrogen (secondary N) is 1. The number of benzene rings is 1. The molecule has 31 heavy (non-hydrogen) atoms. The van der Waals surface area contributed by atoms with Gasteiger partial charge < -0.3 is 5.32 Å². The lowest BCUT2D eigenvalue weighted by Gasteiger charge is -2.19. The molecule has 3 aromatic rings. The second kappa shape index (κ2) is 9.77. The summed E-state index contributed by atoms with van der Waals surface area (Å²) in [5.74, 6) is 0.773. The van der Waals surface area contributed by atoms with Gasteiger partial charge in [-0.3, -0.25) is 9.36 Å². The molecule has 1 aliphatic carbocycles. The largest absolute Gasteiger partial charge is 0.308 e. The van der Waals surface area contributed by atoms with Gasteiger partial charge >= 0.3 is 0 Å². The fourth-order valence-corrected chi connectivity index (χ4v) is 5.18. The van der Waals surface area contributed by atoms with E-state index in [0.717, 1.165) is 37.1 Å². The van der Waals surface area contributed by atoms with Crippen LogP contribution in [0.3, 0.4) is 0 Å². The Labute approximate surface area is 199 Å². The van der Waals surface area contributed by atoms with E-state index in [1.54, 1.807) is 0 Å². The van der Waals surface area contributed by atoms with E-state index in [2.05, 4.69) is 25.1 Å². The maximum Gasteiger partial charge on any atom is 0.238 e. The molecular formula is C21H20Cl3N5OS. The zero-order valence-electron chi connectivity index (χ0n) is 16.7. The van der Waals surface area contributed by atoms with Crippen molar-refractivity contribution in [1.29, 1.82) is 0 Å². The van der Waals surface area contributed by atoms with Gasteiger partial charge in [0, 0.05) is 17.8 Å². The molecule has 162 valence electrons. The van der Waals surface area contributed by atoms with Gasteiger partial charge in [-0.05, 0) is 38.0 Å². The molecule has 1 saturated carbocycles. The molecular weight excluding hydrogens is 477 g/mol. The van der Waals surface area contributed by atoms with Crippen molar-refractivity contribution in [3.8, 4) is 11.4 Å². The van der Waals surface area contributed by atoms with Crippen molar-refractivity contribution in [3.05, 3.63) is 51.6 Å². The first-order valence-electron chi connectivity index (χ1n) is 9.92. The van der Waals surface area contributed by atoms with Crippen molar-refractivity contribution in [2.24, 2.45) is 0 Å². The number of halogens is 3. The molecule has 1 unspecified atom stereocenters. The number of carbonyl (C=O) groups excluding carboxylic acids is 1. The first-order chi connectivity index (χ1) is 14.9. The third kappa shape index (κ3) is 5.00. The predicted octanol–water partition coefficient (Wildman–Crippen LogP) is 6.53. The highest BCUT2D eigenvalue weighted by Gasteiger charge is 2.28. The van der Waals surface area contributed by atoms with Crippen molar-refractivity contribution < 1.29 is 4.79 Å². The van der Waals surface area contributed by atoms with Crippen molar-refractivity contribution in [2.45, 2.75) is 49.1 Å². The normalized spacial score (nSPS) is 15.2. The van der Waals surface area contributed by atoms with Crippen LogP contribution in [-0.2, 0) is 4.79 Å². The van der Waals surface area contributed by atoms with Crippen molar-refractivity contribution in [2.75, 3.05) is 5.32 Å². The van der Waals surface area contributed by atoms with Crippen LogP contribution in [0.25, 0.3) is 11.4 Å². The number of pyridine rings is 1. The van der Waals surface area contributed by atoms with Crippen LogP contribution in [0, 0.1) is 0 Å². The minimum absolute atomic E-state index is 0.234. The van der Waals surface area contributed by atoms with Gasteiger partial charge in [0.25, 0.3) is 0 Å². The molecule has 1 N–H and O–H groups in total. The van der Waals surface area contributed by atoms with Gasteiger partial charge in [-0.25, -0.2) is 4.98 Å².